The van der Waals surface area contributed by atoms with Gasteiger partial charge in [0.05, 0.1) is 0 Å². The Morgan fingerprint density at radius 3 is 3.00 bits per heavy atom. The Balaban J connectivity index is 1.39. The molecule has 0 aromatic heterocycles. The highest BCUT2D eigenvalue weighted by atomic mass is 16.2. The number of benzene rings is 1. The lowest BCUT2D eigenvalue weighted by Crippen LogP contribution is -2.42. The van der Waals surface area contributed by atoms with Crippen LogP contribution in [0.15, 0.2) is 24.3 Å². The molecular weight excluding hydrogens is 302 g/mol. The summed E-state index contributed by atoms with van der Waals surface area (Å²) in [7, 11) is 0. The summed E-state index contributed by atoms with van der Waals surface area (Å²) in [5, 5.41) is 6.36. The van der Waals surface area contributed by atoms with Crippen molar-refractivity contribution in [2.75, 3.05) is 24.5 Å². The first kappa shape index (κ1) is 17.0. The molecule has 2 N–H and O–H groups in total. The van der Waals surface area contributed by atoms with Gasteiger partial charge in [0.25, 0.3) is 0 Å². The molecule has 0 unspecified atom stereocenters. The Kier molecular flexibility index (Phi) is 5.51. The van der Waals surface area contributed by atoms with Gasteiger partial charge in [0.15, 0.2) is 0 Å². The van der Waals surface area contributed by atoms with Crippen LogP contribution in [-0.2, 0) is 16.0 Å². The van der Waals surface area contributed by atoms with Crippen LogP contribution >= 0.6 is 0 Å². The molecule has 24 heavy (non-hydrogen) atoms. The molecule has 2 aliphatic rings. The molecule has 130 valence electrons. The fourth-order valence-electron chi connectivity index (χ4n) is 3.70. The number of para-hydroxylation sites is 1. The molecule has 1 aromatic rings. The molecule has 3 rings (SSSR count). The molecule has 0 bridgehead atoms. The average Bonchev–Trinajstić information content (AvgIpc) is 3.02. The predicted molar refractivity (Wildman–Crippen MR) is 94.9 cm³/mol. The third-order valence-electron chi connectivity index (χ3n) is 5.05. The van der Waals surface area contributed by atoms with Crippen LogP contribution in [0.25, 0.3) is 0 Å². The van der Waals surface area contributed by atoms with Crippen LogP contribution in [0.1, 0.15) is 38.2 Å². The number of anilines is 1. The van der Waals surface area contributed by atoms with E-state index in [1.54, 1.807) is 0 Å². The first-order valence-corrected chi connectivity index (χ1v) is 9.04. The van der Waals surface area contributed by atoms with Crippen molar-refractivity contribution in [2.24, 2.45) is 5.92 Å². The third kappa shape index (κ3) is 3.96. The lowest BCUT2D eigenvalue weighted by Gasteiger charge is -2.27. The van der Waals surface area contributed by atoms with E-state index in [2.05, 4.69) is 23.6 Å². The van der Waals surface area contributed by atoms with Gasteiger partial charge in [-0.3, -0.25) is 9.59 Å². The molecule has 5 nitrogen and oxygen atoms in total. The van der Waals surface area contributed by atoms with Gasteiger partial charge in [0.2, 0.25) is 11.8 Å². The van der Waals surface area contributed by atoms with E-state index < -0.39 is 0 Å². The van der Waals surface area contributed by atoms with Crippen molar-refractivity contribution in [1.82, 2.24) is 10.6 Å². The number of amides is 2. The van der Waals surface area contributed by atoms with Gasteiger partial charge in [0.1, 0.15) is 0 Å². The fourth-order valence-corrected chi connectivity index (χ4v) is 3.70. The highest BCUT2D eigenvalue weighted by molar-refractivity contribution is 5.95. The minimum Gasteiger partial charge on any atom is -0.356 e. The average molecular weight is 329 g/mol. The standard InChI is InChI=1S/C19H27N3O2/c1-14-13-16(8-11-20-14)19(24)21-10-4-7-18(23)22-12-9-15-5-2-3-6-17(15)22/h2-3,5-6,14,16,20H,4,7-13H2,1H3,(H,21,24)/t14-,16-/m0/s1. The van der Waals surface area contributed by atoms with E-state index >= 15 is 0 Å². The highest BCUT2D eigenvalue weighted by Gasteiger charge is 2.25. The summed E-state index contributed by atoms with van der Waals surface area (Å²) >= 11 is 0. The SMILES string of the molecule is C[C@H]1C[C@@H](C(=O)NCCCC(=O)N2CCc3ccccc32)CCN1. The van der Waals surface area contributed by atoms with E-state index in [9.17, 15) is 9.59 Å². The Labute approximate surface area is 143 Å². The van der Waals surface area contributed by atoms with E-state index in [0.29, 0.717) is 25.4 Å². The van der Waals surface area contributed by atoms with Crippen molar-refractivity contribution in [3.8, 4) is 0 Å². The molecule has 2 aliphatic heterocycles. The molecular formula is C19H27N3O2. The van der Waals surface area contributed by atoms with Gasteiger partial charge in [-0.2, -0.15) is 0 Å². The molecule has 0 aliphatic carbocycles. The Morgan fingerprint density at radius 1 is 1.33 bits per heavy atom. The van der Waals surface area contributed by atoms with Gasteiger partial charge in [-0.15, -0.1) is 0 Å². The quantitative estimate of drug-likeness (QED) is 0.811. The molecule has 2 atom stereocenters. The normalized spacial score (nSPS) is 23.0. The maximum atomic E-state index is 12.4. The van der Waals surface area contributed by atoms with E-state index in [1.807, 2.05) is 23.1 Å². The number of fused-ring (bicyclic) bond motifs is 1. The molecule has 0 saturated carbocycles. The van der Waals surface area contributed by atoms with E-state index in [0.717, 1.165) is 38.0 Å². The molecule has 1 aromatic carbocycles. The molecule has 0 radical (unpaired) electrons. The highest BCUT2D eigenvalue weighted by Crippen LogP contribution is 2.28. The summed E-state index contributed by atoms with van der Waals surface area (Å²) in [5.74, 6) is 0.411. The summed E-state index contributed by atoms with van der Waals surface area (Å²) in [6, 6.07) is 8.50. The minimum absolute atomic E-state index is 0.113. The van der Waals surface area contributed by atoms with Crippen LogP contribution in [0.5, 0.6) is 0 Å². The van der Waals surface area contributed by atoms with Gasteiger partial charge in [-0.05, 0) is 50.8 Å². The molecule has 1 saturated heterocycles. The number of hydrogen-bond donors (Lipinski definition) is 2. The summed E-state index contributed by atoms with van der Waals surface area (Å²) in [4.78, 5) is 26.5. The van der Waals surface area contributed by atoms with Crippen molar-refractivity contribution in [1.29, 1.82) is 0 Å². The second kappa shape index (κ2) is 7.79. The third-order valence-corrected chi connectivity index (χ3v) is 5.05. The summed E-state index contributed by atoms with van der Waals surface area (Å²) in [5.41, 5.74) is 2.30. The predicted octanol–water partition coefficient (Wildman–Crippen LogP) is 1.86. The summed E-state index contributed by atoms with van der Waals surface area (Å²) in [6.07, 6.45) is 3.92. The zero-order chi connectivity index (χ0) is 16.9. The number of nitrogens with one attached hydrogen (secondary N) is 2. The van der Waals surface area contributed by atoms with Crippen LogP contribution in [-0.4, -0.2) is 37.5 Å². The topological polar surface area (TPSA) is 61.4 Å². The van der Waals surface area contributed by atoms with Crippen molar-refractivity contribution in [3.05, 3.63) is 29.8 Å². The minimum atomic E-state index is 0.113. The second-order valence-corrected chi connectivity index (χ2v) is 6.90. The van der Waals surface area contributed by atoms with Crippen LogP contribution < -0.4 is 15.5 Å². The Bertz CT molecular complexity index is 602. The Hall–Kier alpha value is -1.88. The zero-order valence-corrected chi connectivity index (χ0v) is 14.4. The lowest BCUT2D eigenvalue weighted by atomic mass is 9.92. The fraction of sp³-hybridized carbons (Fsp3) is 0.579. The maximum Gasteiger partial charge on any atom is 0.227 e. The second-order valence-electron chi connectivity index (χ2n) is 6.90. The monoisotopic (exact) mass is 329 g/mol. The number of rotatable bonds is 5. The van der Waals surface area contributed by atoms with Crippen molar-refractivity contribution in [3.63, 3.8) is 0 Å². The van der Waals surface area contributed by atoms with E-state index in [-0.39, 0.29) is 17.7 Å². The summed E-state index contributed by atoms with van der Waals surface area (Å²) in [6.45, 7) is 4.38. The summed E-state index contributed by atoms with van der Waals surface area (Å²) < 4.78 is 0. The van der Waals surface area contributed by atoms with Crippen LogP contribution in [0.4, 0.5) is 5.69 Å². The van der Waals surface area contributed by atoms with Crippen molar-refractivity contribution >= 4 is 17.5 Å². The van der Waals surface area contributed by atoms with Gasteiger partial charge in [-0.25, -0.2) is 0 Å². The van der Waals surface area contributed by atoms with Gasteiger partial charge >= 0.3 is 0 Å². The molecule has 5 heteroatoms. The number of nitrogens with zero attached hydrogens (tertiary/aromatic N) is 1. The number of hydrogen-bond acceptors (Lipinski definition) is 3. The Morgan fingerprint density at radius 2 is 2.17 bits per heavy atom. The molecule has 2 heterocycles. The van der Waals surface area contributed by atoms with Crippen LogP contribution in [0.2, 0.25) is 0 Å². The molecule has 1 fully saturated rings. The first-order chi connectivity index (χ1) is 11.6. The zero-order valence-electron chi connectivity index (χ0n) is 14.4. The maximum absolute atomic E-state index is 12.4. The van der Waals surface area contributed by atoms with Crippen molar-refractivity contribution in [2.45, 2.75) is 45.1 Å². The van der Waals surface area contributed by atoms with Crippen LogP contribution in [0, 0.1) is 5.92 Å². The van der Waals surface area contributed by atoms with Gasteiger partial charge in [-0.1, -0.05) is 18.2 Å². The first-order valence-electron chi connectivity index (χ1n) is 9.04. The van der Waals surface area contributed by atoms with E-state index in [4.69, 9.17) is 0 Å². The molecule has 0 spiro atoms. The van der Waals surface area contributed by atoms with Crippen LogP contribution in [0.3, 0.4) is 0 Å². The van der Waals surface area contributed by atoms with E-state index in [1.165, 1.54) is 5.56 Å². The van der Waals surface area contributed by atoms with Gasteiger partial charge in [0, 0.05) is 37.2 Å². The van der Waals surface area contributed by atoms with Gasteiger partial charge < -0.3 is 15.5 Å². The number of carbonyl (C=O) groups is 2. The largest absolute Gasteiger partial charge is 0.356 e. The smallest absolute Gasteiger partial charge is 0.227 e. The van der Waals surface area contributed by atoms with Crippen molar-refractivity contribution < 1.29 is 9.59 Å². The number of piperidine rings is 1. The lowest BCUT2D eigenvalue weighted by molar-refractivity contribution is -0.126. The molecule has 2 amide bonds. The number of carbonyl (C=O) groups excluding carboxylic acids is 2.